The molecule has 0 atom stereocenters. The SMILES string of the molecule is CC(C)CCCOc1cccc(S(C)(=O)=O)c1N. The first-order valence-corrected chi connectivity index (χ1v) is 7.93. The predicted octanol–water partition coefficient (Wildman–Crippen LogP) is 2.49. The van der Waals surface area contributed by atoms with Crippen molar-refractivity contribution in [1.82, 2.24) is 0 Å². The van der Waals surface area contributed by atoms with Crippen LogP contribution in [-0.2, 0) is 9.84 Å². The molecule has 0 fully saturated rings. The van der Waals surface area contributed by atoms with Gasteiger partial charge in [0.25, 0.3) is 0 Å². The van der Waals surface area contributed by atoms with Crippen molar-refractivity contribution in [2.75, 3.05) is 18.6 Å². The zero-order valence-electron chi connectivity index (χ0n) is 11.1. The zero-order chi connectivity index (χ0) is 13.8. The second kappa shape index (κ2) is 6.09. The third kappa shape index (κ3) is 4.22. The molecule has 0 radical (unpaired) electrons. The van der Waals surface area contributed by atoms with Crippen molar-refractivity contribution >= 4 is 15.5 Å². The highest BCUT2D eigenvalue weighted by molar-refractivity contribution is 7.90. The molecule has 0 aliphatic rings. The van der Waals surface area contributed by atoms with E-state index in [2.05, 4.69) is 13.8 Å². The number of benzene rings is 1. The Hall–Kier alpha value is -1.23. The molecule has 0 bridgehead atoms. The monoisotopic (exact) mass is 271 g/mol. The summed E-state index contributed by atoms with van der Waals surface area (Å²) in [5.41, 5.74) is 6.01. The Morgan fingerprint density at radius 3 is 2.56 bits per heavy atom. The molecule has 0 amide bonds. The molecule has 1 aromatic carbocycles. The largest absolute Gasteiger partial charge is 0.491 e. The minimum absolute atomic E-state index is 0.129. The molecule has 0 aliphatic heterocycles. The smallest absolute Gasteiger partial charge is 0.177 e. The third-order valence-electron chi connectivity index (χ3n) is 2.61. The van der Waals surface area contributed by atoms with Gasteiger partial charge in [0.05, 0.1) is 17.2 Å². The lowest BCUT2D eigenvalue weighted by Gasteiger charge is -2.12. The fraction of sp³-hybridized carbons (Fsp3) is 0.538. The highest BCUT2D eigenvalue weighted by atomic mass is 32.2. The van der Waals surface area contributed by atoms with Crippen LogP contribution in [0.1, 0.15) is 26.7 Å². The minimum Gasteiger partial charge on any atom is -0.491 e. The van der Waals surface area contributed by atoms with E-state index < -0.39 is 9.84 Å². The summed E-state index contributed by atoms with van der Waals surface area (Å²) >= 11 is 0. The molecule has 2 N–H and O–H groups in total. The number of anilines is 1. The minimum atomic E-state index is -3.31. The van der Waals surface area contributed by atoms with Crippen LogP contribution in [0.4, 0.5) is 5.69 Å². The van der Waals surface area contributed by atoms with E-state index in [0.29, 0.717) is 18.3 Å². The molecule has 0 heterocycles. The molecule has 0 unspecified atom stereocenters. The molecule has 5 heteroatoms. The fourth-order valence-electron chi connectivity index (χ4n) is 1.65. The summed E-state index contributed by atoms with van der Waals surface area (Å²) in [6.07, 6.45) is 3.15. The van der Waals surface area contributed by atoms with Gasteiger partial charge in [0.1, 0.15) is 5.75 Å². The summed E-state index contributed by atoms with van der Waals surface area (Å²) in [4.78, 5) is 0.129. The Labute approximate surface area is 109 Å². The third-order valence-corrected chi connectivity index (χ3v) is 3.76. The number of para-hydroxylation sites is 1. The van der Waals surface area contributed by atoms with E-state index >= 15 is 0 Å². The van der Waals surface area contributed by atoms with Gasteiger partial charge < -0.3 is 10.5 Å². The summed E-state index contributed by atoms with van der Waals surface area (Å²) in [6, 6.07) is 4.83. The van der Waals surface area contributed by atoms with Gasteiger partial charge in [-0.3, -0.25) is 0 Å². The Morgan fingerprint density at radius 1 is 1.33 bits per heavy atom. The number of hydrogen-bond donors (Lipinski definition) is 1. The van der Waals surface area contributed by atoms with Crippen LogP contribution in [0.2, 0.25) is 0 Å². The van der Waals surface area contributed by atoms with Gasteiger partial charge in [-0.15, -0.1) is 0 Å². The highest BCUT2D eigenvalue weighted by Gasteiger charge is 2.14. The Kier molecular flexibility index (Phi) is 5.02. The Morgan fingerprint density at radius 2 is 2.00 bits per heavy atom. The molecule has 0 saturated carbocycles. The lowest BCUT2D eigenvalue weighted by Crippen LogP contribution is -2.06. The van der Waals surface area contributed by atoms with Gasteiger partial charge in [0.15, 0.2) is 9.84 Å². The van der Waals surface area contributed by atoms with Crippen LogP contribution < -0.4 is 10.5 Å². The first-order valence-electron chi connectivity index (χ1n) is 6.03. The predicted molar refractivity (Wildman–Crippen MR) is 73.5 cm³/mol. The molecular formula is C13H21NO3S. The van der Waals surface area contributed by atoms with Crippen molar-refractivity contribution < 1.29 is 13.2 Å². The quantitative estimate of drug-likeness (QED) is 0.637. The molecular weight excluding hydrogens is 250 g/mol. The number of nitrogen functional groups attached to an aromatic ring is 1. The van der Waals surface area contributed by atoms with E-state index in [1.165, 1.54) is 6.07 Å². The van der Waals surface area contributed by atoms with Gasteiger partial charge in [-0.2, -0.15) is 0 Å². The lowest BCUT2D eigenvalue weighted by molar-refractivity contribution is 0.298. The van der Waals surface area contributed by atoms with Gasteiger partial charge in [-0.05, 0) is 30.9 Å². The number of nitrogens with two attached hydrogens (primary N) is 1. The van der Waals surface area contributed by atoms with E-state index in [9.17, 15) is 8.42 Å². The average Bonchev–Trinajstić information content (AvgIpc) is 2.24. The lowest BCUT2D eigenvalue weighted by atomic mass is 10.1. The van der Waals surface area contributed by atoms with Crippen molar-refractivity contribution in [2.45, 2.75) is 31.6 Å². The van der Waals surface area contributed by atoms with Gasteiger partial charge in [0.2, 0.25) is 0 Å². The van der Waals surface area contributed by atoms with E-state index in [0.717, 1.165) is 19.1 Å². The fourth-order valence-corrected chi connectivity index (χ4v) is 2.47. The van der Waals surface area contributed by atoms with Gasteiger partial charge in [-0.25, -0.2) is 8.42 Å². The van der Waals surface area contributed by atoms with Crippen LogP contribution in [0.15, 0.2) is 23.1 Å². The first-order chi connectivity index (χ1) is 8.32. The number of sulfone groups is 1. The molecule has 0 aromatic heterocycles. The molecule has 18 heavy (non-hydrogen) atoms. The van der Waals surface area contributed by atoms with Crippen LogP contribution >= 0.6 is 0 Å². The van der Waals surface area contributed by atoms with Crippen molar-refractivity contribution in [1.29, 1.82) is 0 Å². The van der Waals surface area contributed by atoms with Crippen LogP contribution in [0, 0.1) is 5.92 Å². The second-order valence-corrected chi connectivity index (χ2v) is 6.81. The number of hydrogen-bond acceptors (Lipinski definition) is 4. The molecule has 1 aromatic rings. The molecule has 0 saturated heterocycles. The first kappa shape index (κ1) is 14.8. The topological polar surface area (TPSA) is 69.4 Å². The maximum Gasteiger partial charge on any atom is 0.177 e. The van der Waals surface area contributed by atoms with Gasteiger partial charge in [0, 0.05) is 6.26 Å². The number of ether oxygens (including phenoxy) is 1. The molecule has 1 rings (SSSR count). The van der Waals surface area contributed by atoms with Crippen LogP contribution in [0.5, 0.6) is 5.75 Å². The number of rotatable bonds is 6. The molecule has 102 valence electrons. The van der Waals surface area contributed by atoms with Crippen molar-refractivity contribution in [3.63, 3.8) is 0 Å². The van der Waals surface area contributed by atoms with E-state index in [4.69, 9.17) is 10.5 Å². The highest BCUT2D eigenvalue weighted by Crippen LogP contribution is 2.28. The van der Waals surface area contributed by atoms with E-state index in [-0.39, 0.29) is 10.6 Å². The molecule has 4 nitrogen and oxygen atoms in total. The van der Waals surface area contributed by atoms with Crippen LogP contribution in [0.3, 0.4) is 0 Å². The van der Waals surface area contributed by atoms with Crippen molar-refractivity contribution in [3.05, 3.63) is 18.2 Å². The molecule has 0 aliphatic carbocycles. The summed E-state index contributed by atoms with van der Waals surface area (Å²) < 4.78 is 28.5. The zero-order valence-corrected chi connectivity index (χ0v) is 12.0. The van der Waals surface area contributed by atoms with Crippen molar-refractivity contribution in [3.8, 4) is 5.75 Å². The Balaban J connectivity index is 2.73. The summed E-state index contributed by atoms with van der Waals surface area (Å²) in [6.45, 7) is 4.85. The van der Waals surface area contributed by atoms with Gasteiger partial charge >= 0.3 is 0 Å². The Bertz CT molecular complexity index is 495. The van der Waals surface area contributed by atoms with Gasteiger partial charge in [-0.1, -0.05) is 19.9 Å². The summed E-state index contributed by atoms with van der Waals surface area (Å²) in [7, 11) is -3.31. The van der Waals surface area contributed by atoms with E-state index in [1.807, 2.05) is 0 Å². The summed E-state index contributed by atoms with van der Waals surface area (Å²) in [5.74, 6) is 1.08. The van der Waals surface area contributed by atoms with Crippen molar-refractivity contribution in [2.24, 2.45) is 5.92 Å². The molecule has 0 spiro atoms. The van der Waals surface area contributed by atoms with E-state index in [1.54, 1.807) is 12.1 Å². The second-order valence-electron chi connectivity index (χ2n) is 4.82. The standard InChI is InChI=1S/C13H21NO3S/c1-10(2)6-5-9-17-11-7-4-8-12(13(11)14)18(3,15)16/h4,7-8,10H,5-6,9,14H2,1-3H3. The summed E-state index contributed by atoms with van der Waals surface area (Å²) in [5, 5.41) is 0. The average molecular weight is 271 g/mol. The normalized spacial score (nSPS) is 11.8. The maximum atomic E-state index is 11.5. The maximum absolute atomic E-state index is 11.5. The van der Waals surface area contributed by atoms with Crippen LogP contribution in [-0.4, -0.2) is 21.3 Å². The van der Waals surface area contributed by atoms with Crippen LogP contribution in [0.25, 0.3) is 0 Å².